The van der Waals surface area contributed by atoms with Crippen molar-refractivity contribution in [1.29, 1.82) is 0 Å². The third kappa shape index (κ3) is 9.25. The van der Waals surface area contributed by atoms with E-state index in [1.165, 1.54) is 18.8 Å². The van der Waals surface area contributed by atoms with Gasteiger partial charge in [-0.05, 0) is 62.6 Å². The highest BCUT2D eigenvalue weighted by Gasteiger charge is 2.31. The molecule has 2 fully saturated rings. The molecule has 0 aromatic carbocycles. The summed E-state index contributed by atoms with van der Waals surface area (Å²) in [5, 5.41) is 15.8. The van der Waals surface area contributed by atoms with Crippen LogP contribution >= 0.6 is 0 Å². The molecule has 3 rings (SSSR count). The van der Waals surface area contributed by atoms with Crippen molar-refractivity contribution in [1.82, 2.24) is 20.5 Å². The first-order chi connectivity index (χ1) is 17.9. The van der Waals surface area contributed by atoms with Gasteiger partial charge < -0.3 is 25.4 Å². The lowest BCUT2D eigenvalue weighted by molar-refractivity contribution is -0.138. The van der Waals surface area contributed by atoms with E-state index in [1.807, 2.05) is 0 Å². The second-order valence-electron chi connectivity index (χ2n) is 10.2. The van der Waals surface area contributed by atoms with Gasteiger partial charge in [0.2, 0.25) is 11.8 Å². The first-order valence-corrected chi connectivity index (χ1v) is 13.6. The van der Waals surface area contributed by atoms with E-state index >= 15 is 0 Å². The minimum Gasteiger partial charge on any atom is -0.489 e. The van der Waals surface area contributed by atoms with Gasteiger partial charge in [-0.15, -0.1) is 0 Å². The van der Waals surface area contributed by atoms with Gasteiger partial charge in [-0.3, -0.25) is 19.4 Å². The molecule has 206 valence electrons. The molecule has 3 N–H and O–H groups in total. The number of halogens is 1. The number of carboxylic acids is 1. The number of hydrogen-bond donors (Lipinski definition) is 3. The molecule has 3 heterocycles. The molecule has 37 heavy (non-hydrogen) atoms. The Balaban J connectivity index is 1.55. The van der Waals surface area contributed by atoms with E-state index in [1.54, 1.807) is 11.0 Å². The minimum atomic E-state index is -1.07. The van der Waals surface area contributed by atoms with Crippen LogP contribution in [0.3, 0.4) is 0 Å². The minimum absolute atomic E-state index is 0.0899. The van der Waals surface area contributed by atoms with Crippen molar-refractivity contribution in [3.8, 4) is 5.75 Å². The molecule has 4 unspecified atom stereocenters. The molecular formula is C27H41FN4O5. The summed E-state index contributed by atoms with van der Waals surface area (Å²) >= 11 is 0. The number of nitrogens with one attached hydrogen (secondary N) is 2. The zero-order chi connectivity index (χ0) is 26.6. The number of alkyl halides is 1. The van der Waals surface area contributed by atoms with Gasteiger partial charge in [0, 0.05) is 31.7 Å². The number of carbonyl (C=O) groups excluding carboxylic acids is 2. The second-order valence-corrected chi connectivity index (χ2v) is 10.2. The van der Waals surface area contributed by atoms with Crippen LogP contribution in [-0.4, -0.2) is 71.7 Å². The number of aliphatic carboxylic acids is 1. The number of piperidine rings is 2. The lowest BCUT2D eigenvalue weighted by Crippen LogP contribution is -2.46. The van der Waals surface area contributed by atoms with E-state index < -0.39 is 24.6 Å². The molecule has 2 aliphatic rings. The SMILES string of the molecule is CCCC1CC(CCC(=O)N2CCCC(C(=O)NC(CC(=O)O)c3cncc(OCCF)c3)C2)CCN1. The van der Waals surface area contributed by atoms with Crippen molar-refractivity contribution in [2.45, 2.75) is 76.8 Å². The molecule has 0 spiro atoms. The van der Waals surface area contributed by atoms with E-state index in [-0.39, 0.29) is 24.8 Å². The van der Waals surface area contributed by atoms with Gasteiger partial charge in [0.1, 0.15) is 19.0 Å². The maximum absolute atomic E-state index is 13.1. The third-order valence-corrected chi connectivity index (χ3v) is 7.33. The number of likely N-dealkylation sites (tertiary alicyclic amines) is 1. The molecule has 0 saturated carbocycles. The van der Waals surface area contributed by atoms with Crippen molar-refractivity contribution >= 4 is 17.8 Å². The van der Waals surface area contributed by atoms with Crippen molar-refractivity contribution in [3.05, 3.63) is 24.0 Å². The van der Waals surface area contributed by atoms with E-state index in [9.17, 15) is 23.9 Å². The van der Waals surface area contributed by atoms with Gasteiger partial charge in [-0.25, -0.2) is 4.39 Å². The number of pyridine rings is 1. The van der Waals surface area contributed by atoms with E-state index in [0.29, 0.717) is 49.2 Å². The van der Waals surface area contributed by atoms with Crippen LogP contribution in [0.4, 0.5) is 4.39 Å². The molecule has 10 heteroatoms. The molecule has 1 aromatic heterocycles. The van der Waals surface area contributed by atoms with Gasteiger partial charge >= 0.3 is 5.97 Å². The number of hydrogen-bond acceptors (Lipinski definition) is 6. The standard InChI is InChI=1S/C27H41FN4O5/c1-2-4-22-13-19(8-10-30-22)6-7-25(33)32-11-3-5-20(18-32)27(36)31-24(15-26(34)35)21-14-23(17-29-16-21)37-12-9-28/h14,16-17,19-20,22,24,30H,2-13,15,18H2,1H3,(H,31,36)(H,34,35). The summed E-state index contributed by atoms with van der Waals surface area (Å²) in [5.74, 6) is -0.794. The van der Waals surface area contributed by atoms with Crippen LogP contribution in [0.15, 0.2) is 18.5 Å². The van der Waals surface area contributed by atoms with Crippen LogP contribution in [0, 0.1) is 11.8 Å². The number of rotatable bonds is 13. The average molecular weight is 521 g/mol. The molecule has 2 amide bonds. The van der Waals surface area contributed by atoms with Gasteiger partial charge in [0.05, 0.1) is 24.6 Å². The van der Waals surface area contributed by atoms with Crippen molar-refractivity contribution in [3.63, 3.8) is 0 Å². The fourth-order valence-electron chi connectivity index (χ4n) is 5.41. The van der Waals surface area contributed by atoms with Crippen LogP contribution in [0.1, 0.15) is 76.3 Å². The summed E-state index contributed by atoms with van der Waals surface area (Å²) in [6.07, 6.45) is 9.84. The van der Waals surface area contributed by atoms with Gasteiger partial charge in [-0.1, -0.05) is 13.3 Å². The number of amides is 2. The Labute approximate surface area is 218 Å². The maximum Gasteiger partial charge on any atom is 0.305 e. The zero-order valence-corrected chi connectivity index (χ0v) is 21.8. The molecule has 2 aliphatic heterocycles. The summed E-state index contributed by atoms with van der Waals surface area (Å²) in [6, 6.07) is 1.30. The van der Waals surface area contributed by atoms with Crippen LogP contribution in [0.25, 0.3) is 0 Å². The Morgan fingerprint density at radius 3 is 2.89 bits per heavy atom. The van der Waals surface area contributed by atoms with Gasteiger partial charge in [-0.2, -0.15) is 0 Å². The predicted molar refractivity (Wildman–Crippen MR) is 137 cm³/mol. The highest BCUT2D eigenvalue weighted by Crippen LogP contribution is 2.26. The quantitative estimate of drug-likeness (QED) is 0.365. The molecule has 1 aromatic rings. The normalized spacial score (nSPS) is 22.8. The number of carboxylic acid groups (broad SMARTS) is 1. The Bertz CT molecular complexity index is 899. The molecule has 2 saturated heterocycles. The van der Waals surface area contributed by atoms with Crippen molar-refractivity contribution in [2.75, 3.05) is 32.9 Å². The van der Waals surface area contributed by atoms with Crippen LogP contribution in [-0.2, 0) is 14.4 Å². The fraction of sp³-hybridized carbons (Fsp3) is 0.704. The Kier molecular flexibility index (Phi) is 11.6. The number of aromatic nitrogens is 1. The molecule has 0 bridgehead atoms. The smallest absolute Gasteiger partial charge is 0.305 e. The average Bonchev–Trinajstić information content (AvgIpc) is 2.90. The lowest BCUT2D eigenvalue weighted by atomic mass is 9.87. The topological polar surface area (TPSA) is 121 Å². The molecule has 0 aliphatic carbocycles. The van der Waals surface area contributed by atoms with Crippen molar-refractivity contribution in [2.24, 2.45) is 11.8 Å². The van der Waals surface area contributed by atoms with Crippen molar-refractivity contribution < 1.29 is 28.6 Å². The van der Waals surface area contributed by atoms with Crippen LogP contribution < -0.4 is 15.4 Å². The molecule has 4 atom stereocenters. The van der Waals surface area contributed by atoms with E-state index in [2.05, 4.69) is 22.5 Å². The molecular weight excluding hydrogens is 479 g/mol. The Hall–Kier alpha value is -2.75. The number of nitrogens with zero attached hydrogens (tertiary/aromatic N) is 2. The van der Waals surface area contributed by atoms with Crippen LogP contribution in [0.5, 0.6) is 5.75 Å². The highest BCUT2D eigenvalue weighted by atomic mass is 19.1. The van der Waals surface area contributed by atoms with Gasteiger partial charge in [0.25, 0.3) is 0 Å². The lowest BCUT2D eigenvalue weighted by Gasteiger charge is -2.34. The molecule has 0 radical (unpaired) electrons. The summed E-state index contributed by atoms with van der Waals surface area (Å²) in [4.78, 5) is 43.4. The number of carbonyl (C=O) groups is 3. The highest BCUT2D eigenvalue weighted by molar-refractivity contribution is 5.82. The Morgan fingerprint density at radius 2 is 2.14 bits per heavy atom. The predicted octanol–water partition coefficient (Wildman–Crippen LogP) is 3.25. The van der Waals surface area contributed by atoms with E-state index in [4.69, 9.17) is 4.74 Å². The summed E-state index contributed by atoms with van der Waals surface area (Å²) in [7, 11) is 0. The van der Waals surface area contributed by atoms with E-state index in [0.717, 1.165) is 38.6 Å². The first kappa shape index (κ1) is 28.8. The monoisotopic (exact) mass is 520 g/mol. The number of ether oxygens (including phenoxy) is 1. The summed E-state index contributed by atoms with van der Waals surface area (Å²) < 4.78 is 17.7. The molecule has 9 nitrogen and oxygen atoms in total. The first-order valence-electron chi connectivity index (χ1n) is 13.6. The maximum atomic E-state index is 13.1. The van der Waals surface area contributed by atoms with Crippen LogP contribution in [0.2, 0.25) is 0 Å². The Morgan fingerprint density at radius 1 is 1.30 bits per heavy atom. The zero-order valence-electron chi connectivity index (χ0n) is 21.8. The summed E-state index contributed by atoms with van der Waals surface area (Å²) in [6.45, 7) is 3.39. The largest absolute Gasteiger partial charge is 0.489 e. The summed E-state index contributed by atoms with van der Waals surface area (Å²) in [5.41, 5.74) is 0.471. The second kappa shape index (κ2) is 14.9. The third-order valence-electron chi connectivity index (χ3n) is 7.33. The fourth-order valence-corrected chi connectivity index (χ4v) is 5.41. The van der Waals surface area contributed by atoms with Gasteiger partial charge in [0.15, 0.2) is 0 Å².